The second kappa shape index (κ2) is 2.49. The minimum absolute atomic E-state index is 0.196. The molecule has 11 heavy (non-hydrogen) atoms. The third-order valence-corrected chi connectivity index (χ3v) is 1.66. The molecule has 0 saturated carbocycles. The quantitative estimate of drug-likeness (QED) is 0.389. The number of nitrogens with zero attached hydrogens (tertiary/aromatic N) is 2. The van der Waals surface area contributed by atoms with Crippen molar-refractivity contribution >= 4 is 0 Å². The Morgan fingerprint density at radius 2 is 1.73 bits per heavy atom. The molecule has 1 aliphatic heterocycles. The monoisotopic (exact) mass is 154 g/mol. The Balaban J connectivity index is 2.48. The summed E-state index contributed by atoms with van der Waals surface area (Å²) in [5.41, 5.74) is -0.871. The molecule has 0 aromatic heterocycles. The van der Waals surface area contributed by atoms with Crippen LogP contribution in [0.1, 0.15) is 13.8 Å². The Morgan fingerprint density at radius 3 is 2.00 bits per heavy atom. The van der Waals surface area contributed by atoms with E-state index in [4.69, 9.17) is 0 Å². The lowest BCUT2D eigenvalue weighted by Gasteiger charge is -2.05. The van der Waals surface area contributed by atoms with Crippen molar-refractivity contribution in [3.8, 4) is 11.8 Å². The molecule has 3 nitrogen and oxygen atoms in total. The second-order valence-electron chi connectivity index (χ2n) is 3.35. The maximum atomic E-state index is 9.26. The van der Waals surface area contributed by atoms with Crippen LogP contribution in [0.2, 0.25) is 0 Å². The molecule has 1 heterocycles. The van der Waals surface area contributed by atoms with Gasteiger partial charge in [0.1, 0.15) is 5.60 Å². The summed E-state index contributed by atoms with van der Waals surface area (Å²) >= 11 is 0. The summed E-state index contributed by atoms with van der Waals surface area (Å²) in [6.07, 6.45) is 0.196. The first-order valence-electron chi connectivity index (χ1n) is 3.62. The van der Waals surface area contributed by atoms with E-state index >= 15 is 0 Å². The zero-order chi connectivity index (χ0) is 8.65. The van der Waals surface area contributed by atoms with Crippen molar-refractivity contribution < 1.29 is 5.11 Å². The topological polar surface area (TPSA) is 26.2 Å². The molecule has 1 rings (SSSR count). The van der Waals surface area contributed by atoms with Crippen LogP contribution in [-0.2, 0) is 0 Å². The highest BCUT2D eigenvalue weighted by atomic mass is 16.3. The molecule has 1 N–H and O–H groups in total. The number of hydrogen-bond acceptors (Lipinski definition) is 3. The van der Waals surface area contributed by atoms with Crippen molar-refractivity contribution in [3.63, 3.8) is 0 Å². The van der Waals surface area contributed by atoms with Crippen molar-refractivity contribution in [1.82, 2.24) is 10.0 Å². The summed E-state index contributed by atoms with van der Waals surface area (Å²) in [6.45, 7) is 3.37. The molecule has 0 amide bonds. The Bertz CT molecular complexity index is 200. The Morgan fingerprint density at radius 1 is 1.27 bits per heavy atom. The van der Waals surface area contributed by atoms with Crippen molar-refractivity contribution in [3.05, 3.63) is 0 Å². The standard InChI is InChI=1S/C8H14N2O/c1-8(2,11)6-5-7-9(3)10(7)4/h7,11H,1-4H3. The molecule has 0 aliphatic carbocycles. The minimum Gasteiger partial charge on any atom is -0.378 e. The van der Waals surface area contributed by atoms with Crippen molar-refractivity contribution in [2.45, 2.75) is 25.6 Å². The third-order valence-electron chi connectivity index (χ3n) is 1.66. The van der Waals surface area contributed by atoms with E-state index in [1.807, 2.05) is 24.1 Å². The summed E-state index contributed by atoms with van der Waals surface area (Å²) in [4.78, 5) is 0. The summed E-state index contributed by atoms with van der Waals surface area (Å²) in [7, 11) is 3.92. The van der Waals surface area contributed by atoms with E-state index in [1.54, 1.807) is 13.8 Å². The van der Waals surface area contributed by atoms with E-state index < -0.39 is 5.60 Å². The first kappa shape index (κ1) is 8.54. The van der Waals surface area contributed by atoms with Gasteiger partial charge in [-0.25, -0.2) is 10.0 Å². The van der Waals surface area contributed by atoms with Crippen LogP contribution >= 0.6 is 0 Å². The van der Waals surface area contributed by atoms with Gasteiger partial charge in [-0.15, -0.1) is 0 Å². The fourth-order valence-corrected chi connectivity index (χ4v) is 0.796. The molecule has 0 bridgehead atoms. The minimum atomic E-state index is -0.871. The molecule has 3 heteroatoms. The Hall–Kier alpha value is -0.560. The highest BCUT2D eigenvalue weighted by Crippen LogP contribution is 2.18. The van der Waals surface area contributed by atoms with Crippen LogP contribution in [0.15, 0.2) is 0 Å². The van der Waals surface area contributed by atoms with Crippen LogP contribution in [0.4, 0.5) is 0 Å². The average Bonchev–Trinajstić information content (AvgIpc) is 2.36. The van der Waals surface area contributed by atoms with E-state index in [0.717, 1.165) is 0 Å². The van der Waals surface area contributed by atoms with Gasteiger partial charge in [-0.1, -0.05) is 11.8 Å². The zero-order valence-electron chi connectivity index (χ0n) is 7.42. The van der Waals surface area contributed by atoms with Gasteiger partial charge in [-0.05, 0) is 13.8 Å². The summed E-state index contributed by atoms with van der Waals surface area (Å²) < 4.78 is 0. The lowest BCUT2D eigenvalue weighted by Crippen LogP contribution is -2.15. The van der Waals surface area contributed by atoms with Gasteiger partial charge in [0, 0.05) is 14.1 Å². The first-order chi connectivity index (χ1) is 4.92. The van der Waals surface area contributed by atoms with E-state index in [2.05, 4.69) is 11.8 Å². The van der Waals surface area contributed by atoms with E-state index in [-0.39, 0.29) is 6.17 Å². The van der Waals surface area contributed by atoms with Crippen molar-refractivity contribution in [2.24, 2.45) is 0 Å². The normalized spacial score (nSPS) is 35.9. The van der Waals surface area contributed by atoms with Gasteiger partial charge in [0.15, 0.2) is 6.17 Å². The van der Waals surface area contributed by atoms with Crippen LogP contribution in [-0.4, -0.2) is 41.0 Å². The lowest BCUT2D eigenvalue weighted by molar-refractivity contribution is 0.143. The molecule has 0 aromatic rings. The van der Waals surface area contributed by atoms with Gasteiger partial charge >= 0.3 is 0 Å². The van der Waals surface area contributed by atoms with Gasteiger partial charge in [0.25, 0.3) is 0 Å². The Kier molecular flexibility index (Phi) is 1.93. The van der Waals surface area contributed by atoms with Gasteiger partial charge < -0.3 is 5.11 Å². The highest BCUT2D eigenvalue weighted by Gasteiger charge is 2.36. The zero-order valence-corrected chi connectivity index (χ0v) is 7.42. The molecule has 0 aromatic carbocycles. The molecule has 62 valence electrons. The van der Waals surface area contributed by atoms with E-state index in [9.17, 15) is 5.11 Å². The highest BCUT2D eigenvalue weighted by molar-refractivity contribution is 5.17. The number of hydrogen-bond donors (Lipinski definition) is 1. The molecular formula is C8H14N2O. The maximum Gasteiger partial charge on any atom is 0.151 e. The van der Waals surface area contributed by atoms with Gasteiger partial charge in [0.05, 0.1) is 0 Å². The number of rotatable bonds is 0. The van der Waals surface area contributed by atoms with E-state index in [1.165, 1.54) is 0 Å². The SMILES string of the molecule is CN1C(C#CC(C)(C)O)N1C. The van der Waals surface area contributed by atoms with Gasteiger partial charge in [-0.2, -0.15) is 0 Å². The van der Waals surface area contributed by atoms with Crippen LogP contribution in [0.5, 0.6) is 0 Å². The lowest BCUT2D eigenvalue weighted by atomic mass is 10.1. The van der Waals surface area contributed by atoms with E-state index in [0.29, 0.717) is 0 Å². The Labute approximate surface area is 67.6 Å². The average molecular weight is 154 g/mol. The van der Waals surface area contributed by atoms with Gasteiger partial charge in [-0.3, -0.25) is 0 Å². The van der Waals surface area contributed by atoms with Crippen LogP contribution < -0.4 is 0 Å². The molecule has 0 radical (unpaired) electrons. The summed E-state index contributed by atoms with van der Waals surface area (Å²) in [5, 5.41) is 13.3. The third kappa shape index (κ3) is 2.19. The molecule has 0 spiro atoms. The predicted octanol–water partition coefficient (Wildman–Crippen LogP) is -0.121. The molecule has 1 saturated heterocycles. The number of hydrazine groups is 1. The van der Waals surface area contributed by atoms with Crippen LogP contribution in [0, 0.1) is 11.8 Å². The summed E-state index contributed by atoms with van der Waals surface area (Å²) in [5.74, 6) is 5.71. The molecule has 1 aliphatic rings. The van der Waals surface area contributed by atoms with Crippen LogP contribution in [0.25, 0.3) is 0 Å². The first-order valence-corrected chi connectivity index (χ1v) is 3.62. The largest absolute Gasteiger partial charge is 0.378 e. The van der Waals surface area contributed by atoms with Crippen molar-refractivity contribution in [1.29, 1.82) is 0 Å². The number of aliphatic hydroxyl groups is 1. The maximum absolute atomic E-state index is 9.26. The summed E-state index contributed by atoms with van der Waals surface area (Å²) in [6, 6.07) is 0. The van der Waals surface area contributed by atoms with Gasteiger partial charge in [0.2, 0.25) is 0 Å². The smallest absolute Gasteiger partial charge is 0.151 e. The molecular weight excluding hydrogens is 140 g/mol. The van der Waals surface area contributed by atoms with Crippen LogP contribution in [0.3, 0.4) is 0 Å². The molecule has 2 unspecified atom stereocenters. The molecule has 1 fully saturated rings. The fraction of sp³-hybridized carbons (Fsp3) is 0.750. The molecule has 2 atom stereocenters. The fourth-order valence-electron chi connectivity index (χ4n) is 0.796. The predicted molar refractivity (Wildman–Crippen MR) is 43.4 cm³/mol. The van der Waals surface area contributed by atoms with Crippen molar-refractivity contribution in [2.75, 3.05) is 14.1 Å². The second-order valence-corrected chi connectivity index (χ2v) is 3.35.